The number of aromatic hydroxyl groups is 2. The van der Waals surface area contributed by atoms with E-state index in [2.05, 4.69) is 0 Å². The molecule has 7 nitrogen and oxygen atoms in total. The van der Waals surface area contributed by atoms with Crippen LogP contribution in [0, 0.1) is 0 Å². The monoisotopic (exact) mass is 450 g/mol. The molecule has 3 aromatic carbocycles. The smallest absolute Gasteiger partial charge is 0.336 e. The molecule has 0 aliphatic carbocycles. The summed E-state index contributed by atoms with van der Waals surface area (Å²) in [7, 11) is 4.42. The number of phenols is 2. The highest BCUT2D eigenvalue weighted by molar-refractivity contribution is 5.89. The van der Waals surface area contributed by atoms with Crippen molar-refractivity contribution in [1.29, 1.82) is 0 Å². The van der Waals surface area contributed by atoms with Crippen LogP contribution in [0.2, 0.25) is 0 Å². The lowest BCUT2D eigenvalue weighted by Gasteiger charge is -2.19. The van der Waals surface area contributed by atoms with Crippen molar-refractivity contribution in [3.8, 4) is 56.8 Å². The summed E-state index contributed by atoms with van der Waals surface area (Å²) >= 11 is 0. The summed E-state index contributed by atoms with van der Waals surface area (Å²) in [5.74, 6) is 0.684. The number of carbonyl (C=O) groups is 1. The van der Waals surface area contributed by atoms with E-state index in [0.717, 1.165) is 11.1 Å². The van der Waals surface area contributed by atoms with Gasteiger partial charge in [-0.05, 0) is 55.3 Å². The largest absolute Gasteiger partial charge is 0.508 e. The second-order valence-electron chi connectivity index (χ2n) is 7.44. The minimum atomic E-state index is -0.513. The predicted octanol–water partition coefficient (Wildman–Crippen LogP) is 5.33. The summed E-state index contributed by atoms with van der Waals surface area (Å²) in [6.45, 7) is 3.59. The Balaban J connectivity index is 2.13. The van der Waals surface area contributed by atoms with Crippen LogP contribution in [0.15, 0.2) is 60.2 Å². The van der Waals surface area contributed by atoms with Crippen molar-refractivity contribution in [3.05, 3.63) is 60.2 Å². The number of allylic oxidation sites excluding steroid dienone is 1. The van der Waals surface area contributed by atoms with Gasteiger partial charge in [-0.15, -0.1) is 0 Å². The van der Waals surface area contributed by atoms with Crippen LogP contribution in [0.4, 0.5) is 0 Å². The van der Waals surface area contributed by atoms with Gasteiger partial charge in [0.15, 0.2) is 23.0 Å². The van der Waals surface area contributed by atoms with Gasteiger partial charge in [0.2, 0.25) is 0 Å². The number of ether oxygens (including phenoxy) is 4. The molecule has 0 saturated heterocycles. The van der Waals surface area contributed by atoms with Crippen molar-refractivity contribution < 1.29 is 34.0 Å². The molecule has 2 N–H and O–H groups in total. The van der Waals surface area contributed by atoms with Gasteiger partial charge in [-0.3, -0.25) is 0 Å². The predicted molar refractivity (Wildman–Crippen MR) is 125 cm³/mol. The molecule has 0 fully saturated rings. The Morgan fingerprint density at radius 3 is 2.00 bits per heavy atom. The third kappa shape index (κ3) is 5.03. The SMILES string of the molecule is COc1cc(-c2c(OC)cc(-c3ccc(O)cc3)c(OC)c2O)ccc1OC(=O)C=C(C)C. The molecule has 0 atom stereocenters. The maximum absolute atomic E-state index is 12.0. The zero-order chi connectivity index (χ0) is 24.1. The fourth-order valence-corrected chi connectivity index (χ4v) is 3.41. The highest BCUT2D eigenvalue weighted by Gasteiger charge is 2.23. The minimum absolute atomic E-state index is 0.128. The van der Waals surface area contributed by atoms with E-state index in [1.165, 1.54) is 27.4 Å². The Morgan fingerprint density at radius 1 is 0.788 bits per heavy atom. The molecule has 0 aliphatic heterocycles. The molecule has 0 spiro atoms. The zero-order valence-corrected chi connectivity index (χ0v) is 19.1. The van der Waals surface area contributed by atoms with Crippen molar-refractivity contribution in [2.75, 3.05) is 21.3 Å². The van der Waals surface area contributed by atoms with Gasteiger partial charge in [-0.25, -0.2) is 4.79 Å². The Kier molecular flexibility index (Phi) is 7.13. The third-order valence-electron chi connectivity index (χ3n) is 4.89. The van der Waals surface area contributed by atoms with Gasteiger partial charge >= 0.3 is 5.97 Å². The standard InChI is InChI=1S/C26H26O7/c1-15(2)12-23(28)33-20-11-8-17(13-21(20)30-3)24-22(31-4)14-19(26(32-5)25(24)29)16-6-9-18(27)10-7-16/h6-14,27,29H,1-5H3. The first-order valence-corrected chi connectivity index (χ1v) is 10.1. The summed E-state index contributed by atoms with van der Waals surface area (Å²) in [6, 6.07) is 13.2. The maximum atomic E-state index is 12.0. The summed E-state index contributed by atoms with van der Waals surface area (Å²) < 4.78 is 21.9. The van der Waals surface area contributed by atoms with Gasteiger partial charge in [0.25, 0.3) is 0 Å². The molecule has 0 aliphatic rings. The van der Waals surface area contributed by atoms with E-state index in [-0.39, 0.29) is 23.0 Å². The van der Waals surface area contributed by atoms with Crippen LogP contribution in [0.1, 0.15) is 13.8 Å². The average Bonchev–Trinajstić information content (AvgIpc) is 2.78. The molecule has 0 saturated carbocycles. The Morgan fingerprint density at radius 2 is 1.42 bits per heavy atom. The molecule has 0 unspecified atom stereocenters. The van der Waals surface area contributed by atoms with E-state index in [1.54, 1.807) is 62.4 Å². The second kappa shape index (κ2) is 9.99. The quantitative estimate of drug-likeness (QED) is 0.285. The first-order valence-electron chi connectivity index (χ1n) is 10.1. The number of methoxy groups -OCH3 is 3. The van der Waals surface area contributed by atoms with Gasteiger partial charge < -0.3 is 29.2 Å². The lowest BCUT2D eigenvalue weighted by atomic mass is 9.96. The van der Waals surface area contributed by atoms with Gasteiger partial charge in [0.1, 0.15) is 11.5 Å². The highest BCUT2D eigenvalue weighted by Crippen LogP contribution is 2.50. The molecular formula is C26H26O7. The number of carbonyl (C=O) groups excluding carboxylic acids is 1. The number of rotatable bonds is 7. The van der Waals surface area contributed by atoms with Crippen LogP contribution in [0.5, 0.6) is 34.5 Å². The molecule has 0 radical (unpaired) electrons. The van der Waals surface area contributed by atoms with E-state index >= 15 is 0 Å². The van der Waals surface area contributed by atoms with Crippen molar-refractivity contribution in [1.82, 2.24) is 0 Å². The second-order valence-corrected chi connectivity index (χ2v) is 7.44. The third-order valence-corrected chi connectivity index (χ3v) is 4.89. The van der Waals surface area contributed by atoms with E-state index < -0.39 is 5.97 Å². The lowest BCUT2D eigenvalue weighted by molar-refractivity contribution is -0.129. The molecule has 3 aromatic rings. The molecule has 0 heterocycles. The lowest BCUT2D eigenvalue weighted by Crippen LogP contribution is -2.05. The van der Waals surface area contributed by atoms with Crippen molar-refractivity contribution in [3.63, 3.8) is 0 Å². The van der Waals surface area contributed by atoms with Crippen molar-refractivity contribution in [2.24, 2.45) is 0 Å². The number of esters is 1. The van der Waals surface area contributed by atoms with Crippen LogP contribution in [0.25, 0.3) is 22.3 Å². The van der Waals surface area contributed by atoms with Crippen LogP contribution in [-0.2, 0) is 4.79 Å². The summed E-state index contributed by atoms with van der Waals surface area (Å²) in [6.07, 6.45) is 1.38. The molecule has 0 aromatic heterocycles. The molecule has 7 heteroatoms. The topological polar surface area (TPSA) is 94.5 Å². The number of benzene rings is 3. The fraction of sp³-hybridized carbons (Fsp3) is 0.192. The number of hydrogen-bond acceptors (Lipinski definition) is 7. The van der Waals surface area contributed by atoms with Crippen LogP contribution in [0.3, 0.4) is 0 Å². The molecule has 3 rings (SSSR count). The Hall–Kier alpha value is -4.13. The van der Waals surface area contributed by atoms with E-state index in [0.29, 0.717) is 28.2 Å². The molecule has 172 valence electrons. The number of hydrogen-bond donors (Lipinski definition) is 2. The van der Waals surface area contributed by atoms with E-state index in [4.69, 9.17) is 18.9 Å². The molecule has 33 heavy (non-hydrogen) atoms. The fourth-order valence-electron chi connectivity index (χ4n) is 3.41. The zero-order valence-electron chi connectivity index (χ0n) is 19.1. The van der Waals surface area contributed by atoms with Crippen molar-refractivity contribution >= 4 is 5.97 Å². The highest BCUT2D eigenvalue weighted by atomic mass is 16.6. The molecule has 0 amide bonds. The summed E-state index contributed by atoms with van der Waals surface area (Å²) in [5.41, 5.74) is 3.08. The summed E-state index contributed by atoms with van der Waals surface area (Å²) in [4.78, 5) is 12.0. The van der Waals surface area contributed by atoms with Crippen LogP contribution in [-0.4, -0.2) is 37.5 Å². The van der Waals surface area contributed by atoms with Gasteiger partial charge in [0.05, 0.1) is 26.9 Å². The van der Waals surface area contributed by atoms with Crippen LogP contribution >= 0.6 is 0 Å². The van der Waals surface area contributed by atoms with Gasteiger partial charge in [-0.2, -0.15) is 0 Å². The van der Waals surface area contributed by atoms with E-state index in [1.807, 2.05) is 0 Å². The molecule has 0 bridgehead atoms. The van der Waals surface area contributed by atoms with E-state index in [9.17, 15) is 15.0 Å². The first kappa shape index (κ1) is 23.5. The van der Waals surface area contributed by atoms with Crippen molar-refractivity contribution in [2.45, 2.75) is 13.8 Å². The van der Waals surface area contributed by atoms with Gasteiger partial charge in [-0.1, -0.05) is 23.8 Å². The Bertz CT molecular complexity index is 1190. The molecular weight excluding hydrogens is 424 g/mol. The minimum Gasteiger partial charge on any atom is -0.508 e. The summed E-state index contributed by atoms with van der Waals surface area (Å²) in [5, 5.41) is 20.7. The Labute approximate surface area is 192 Å². The first-order chi connectivity index (χ1) is 15.8. The van der Waals surface area contributed by atoms with Gasteiger partial charge in [0, 0.05) is 11.6 Å². The van der Waals surface area contributed by atoms with Crippen LogP contribution < -0.4 is 18.9 Å². The number of phenolic OH excluding ortho intramolecular Hbond substituents is 2. The average molecular weight is 450 g/mol. The normalized spacial score (nSPS) is 10.3. The maximum Gasteiger partial charge on any atom is 0.336 e.